The van der Waals surface area contributed by atoms with Crippen LogP contribution in [-0.4, -0.2) is 61.2 Å². The molecule has 3 amide bonds. The summed E-state index contributed by atoms with van der Waals surface area (Å²) >= 11 is 1.75. The first-order valence-corrected chi connectivity index (χ1v) is 39.8. The first kappa shape index (κ1) is 74.6. The molecule has 7 atom stereocenters. The van der Waals surface area contributed by atoms with Crippen LogP contribution >= 0.6 is 11.8 Å². The first-order valence-electron chi connectivity index (χ1n) is 38.6. The Bertz CT molecular complexity index is 2020. The minimum absolute atomic E-state index is 0.0533. The van der Waals surface area contributed by atoms with E-state index < -0.39 is 0 Å². The van der Waals surface area contributed by atoms with E-state index in [-0.39, 0.29) is 23.6 Å². The van der Waals surface area contributed by atoms with Crippen molar-refractivity contribution in [2.45, 2.75) is 348 Å². The van der Waals surface area contributed by atoms with E-state index in [9.17, 15) is 19.2 Å². The number of hydrogen-bond acceptors (Lipinski definition) is 7. The van der Waals surface area contributed by atoms with Crippen LogP contribution in [0.25, 0.3) is 0 Å². The third kappa shape index (κ3) is 30.1. The van der Waals surface area contributed by atoms with E-state index >= 15 is 0 Å². The molecule has 0 heterocycles. The van der Waals surface area contributed by atoms with Crippen LogP contribution < -0.4 is 26.6 Å². The molecule has 1 aromatic rings. The van der Waals surface area contributed by atoms with Crippen molar-refractivity contribution in [2.24, 2.45) is 46.3 Å². The molecular weight excluding hydrogens is 1100 g/mol. The lowest BCUT2D eigenvalue weighted by Gasteiger charge is -2.38. The molecule has 5 fully saturated rings. The zero-order valence-corrected chi connectivity index (χ0v) is 58.4. The van der Waals surface area contributed by atoms with Crippen LogP contribution in [0.2, 0.25) is 0 Å². The summed E-state index contributed by atoms with van der Waals surface area (Å²) in [5, 5.41) is 17.1. The second kappa shape index (κ2) is 45.0. The average molecular weight is 1240 g/mol. The van der Waals surface area contributed by atoms with E-state index in [1.54, 1.807) is 18.7 Å². The third-order valence-electron chi connectivity index (χ3n) is 22.8. The highest BCUT2D eigenvalue weighted by molar-refractivity contribution is 7.99. The van der Waals surface area contributed by atoms with Gasteiger partial charge in [-0.2, -0.15) is 11.8 Å². The summed E-state index contributed by atoms with van der Waals surface area (Å²) in [4.78, 5) is 53.2. The number of carbonyl (C=O) groups is 4. The number of anilines is 3. The van der Waals surface area contributed by atoms with Gasteiger partial charge in [-0.25, -0.2) is 0 Å². The van der Waals surface area contributed by atoms with Crippen LogP contribution in [0.3, 0.4) is 0 Å². The summed E-state index contributed by atoms with van der Waals surface area (Å²) in [6.45, 7) is 9.36. The Morgan fingerprint density at radius 3 is 1.34 bits per heavy atom. The molecule has 0 bridgehead atoms. The Kier molecular flexibility index (Phi) is 38.1. The summed E-state index contributed by atoms with van der Waals surface area (Å²) in [7, 11) is 0. The fourth-order valence-electron chi connectivity index (χ4n) is 17.7. The number of thioether (sulfide) groups is 1. The standard InChI is InChI=1S/C78H137N5O4S/c1-4-6-43-68(64(3)84)44-28-25-27-38-65-39-31-32-42-66(60-77(52-37-33-40-65)50-34-22-17-18-23-35-51-77)62-79-54-47-74(85)81-69-57-70(59-71(58-69)83-76(87)49-56-88-5-2)82-75(86)48-55-80-63-67-41-26-19-13-10-11-15-21-30-46-73-72-45-29-20-14-9-7-8-12-16-24-36-53-78(72,73)61-67/h57-59,65-68,72-73,79-80H,4-56,60-63H2,1-3H3,(H,81,85)(H,82,86)(H,83,87). The quantitative estimate of drug-likeness (QED) is 0.0555. The SMILES string of the molecule is CCCCC(CCCCCC1CCCCC(CNCCC(=O)Nc2cc(NC(=O)CCNCC3CCCCCCCCCCC4C5CCCCCCCCCCCCC54C3)cc(NC(=O)CCSCC)c2)CC2(CCCCCCCC2)CCCC1)C(C)=O. The Morgan fingerprint density at radius 2 is 0.852 bits per heavy atom. The van der Waals surface area contributed by atoms with Gasteiger partial charge in [0.25, 0.3) is 0 Å². The number of unbranched alkanes of at least 4 members (excludes halogenated alkanes) is 3. The maximum atomic E-state index is 13.8. The summed E-state index contributed by atoms with van der Waals surface area (Å²) in [6.07, 6.45) is 66.2. The van der Waals surface area contributed by atoms with Crippen molar-refractivity contribution < 1.29 is 19.2 Å². The molecule has 0 aliphatic heterocycles. The van der Waals surface area contributed by atoms with Crippen molar-refractivity contribution in [3.63, 3.8) is 0 Å². The van der Waals surface area contributed by atoms with Gasteiger partial charge >= 0.3 is 0 Å². The Labute approximate surface area is 545 Å². The van der Waals surface area contributed by atoms with Crippen molar-refractivity contribution in [3.8, 4) is 0 Å². The van der Waals surface area contributed by atoms with Crippen molar-refractivity contribution in [3.05, 3.63) is 18.2 Å². The van der Waals surface area contributed by atoms with E-state index in [0.717, 1.165) is 55.2 Å². The van der Waals surface area contributed by atoms with Gasteiger partial charge in [-0.3, -0.25) is 19.2 Å². The molecule has 5 N–H and O–H groups in total. The number of nitrogens with one attached hydrogen (secondary N) is 5. The van der Waals surface area contributed by atoms with Gasteiger partial charge in [0.05, 0.1) is 0 Å². The highest BCUT2D eigenvalue weighted by Gasteiger charge is 2.61. The second-order valence-electron chi connectivity index (χ2n) is 30.0. The zero-order valence-electron chi connectivity index (χ0n) is 57.5. The summed E-state index contributed by atoms with van der Waals surface area (Å²) in [6, 6.07) is 5.54. The van der Waals surface area contributed by atoms with Crippen molar-refractivity contribution in [2.75, 3.05) is 53.6 Å². The van der Waals surface area contributed by atoms with Gasteiger partial charge in [-0.1, -0.05) is 245 Å². The lowest BCUT2D eigenvalue weighted by atomic mass is 9.68. The summed E-state index contributed by atoms with van der Waals surface area (Å²) < 4.78 is 0. The predicted molar refractivity (Wildman–Crippen MR) is 379 cm³/mol. The van der Waals surface area contributed by atoms with E-state index in [1.807, 2.05) is 18.2 Å². The Balaban J connectivity index is 1.02. The predicted octanol–water partition coefficient (Wildman–Crippen LogP) is 21.7. The van der Waals surface area contributed by atoms with Crippen LogP contribution in [0.4, 0.5) is 17.1 Å². The number of hydrogen-bond donors (Lipinski definition) is 5. The molecule has 7 unspecified atom stereocenters. The van der Waals surface area contributed by atoms with Crippen LogP contribution in [0.5, 0.6) is 0 Å². The monoisotopic (exact) mass is 1240 g/mol. The number of carbonyl (C=O) groups excluding carboxylic acids is 4. The van der Waals surface area contributed by atoms with Crippen molar-refractivity contribution in [1.29, 1.82) is 0 Å². The smallest absolute Gasteiger partial charge is 0.225 e. The molecule has 5 aliphatic carbocycles. The molecule has 9 nitrogen and oxygen atoms in total. The van der Waals surface area contributed by atoms with E-state index in [0.29, 0.717) is 77.9 Å². The molecule has 5 aliphatic rings. The van der Waals surface area contributed by atoms with Gasteiger partial charge in [0, 0.05) is 61.1 Å². The number of fused-ring (bicyclic) bond motifs is 1. The molecule has 5 saturated carbocycles. The molecule has 88 heavy (non-hydrogen) atoms. The maximum absolute atomic E-state index is 13.8. The number of Topliss-reactive ketones (excluding diaryl/α,β-unsaturated/α-hetero) is 1. The third-order valence-corrected chi connectivity index (χ3v) is 23.7. The normalized spacial score (nSPS) is 25.8. The molecule has 10 heteroatoms. The highest BCUT2D eigenvalue weighted by atomic mass is 32.2. The number of rotatable bonds is 27. The molecule has 504 valence electrons. The fraction of sp³-hybridized carbons (Fsp3) is 0.872. The average Bonchev–Trinajstić information content (AvgIpc) is 1.69. The van der Waals surface area contributed by atoms with Gasteiger partial charge in [0.15, 0.2) is 0 Å². The van der Waals surface area contributed by atoms with E-state index in [4.69, 9.17) is 0 Å². The van der Waals surface area contributed by atoms with Crippen LogP contribution in [0.15, 0.2) is 18.2 Å². The van der Waals surface area contributed by atoms with E-state index in [1.165, 1.54) is 295 Å². The number of benzene rings is 1. The maximum Gasteiger partial charge on any atom is 0.225 e. The van der Waals surface area contributed by atoms with Crippen LogP contribution in [0.1, 0.15) is 348 Å². The van der Waals surface area contributed by atoms with Crippen LogP contribution in [-0.2, 0) is 19.2 Å². The number of amides is 3. The lowest BCUT2D eigenvalue weighted by molar-refractivity contribution is -0.121. The van der Waals surface area contributed by atoms with Gasteiger partial charge in [0.1, 0.15) is 5.78 Å². The minimum Gasteiger partial charge on any atom is -0.326 e. The Hall–Kier alpha value is -2.43. The van der Waals surface area contributed by atoms with Gasteiger partial charge in [-0.05, 0) is 161 Å². The molecular formula is C78H137N5O4S. The van der Waals surface area contributed by atoms with E-state index in [2.05, 4.69) is 40.4 Å². The Morgan fingerprint density at radius 1 is 0.455 bits per heavy atom. The van der Waals surface area contributed by atoms with Crippen molar-refractivity contribution >= 4 is 52.3 Å². The molecule has 0 radical (unpaired) electrons. The lowest BCUT2D eigenvalue weighted by Crippen LogP contribution is -2.32. The highest BCUT2D eigenvalue weighted by Crippen LogP contribution is 2.69. The first-order chi connectivity index (χ1) is 43.1. The topological polar surface area (TPSA) is 128 Å². The van der Waals surface area contributed by atoms with Crippen LogP contribution in [0, 0.1) is 46.3 Å². The van der Waals surface area contributed by atoms with Gasteiger partial charge < -0.3 is 26.6 Å². The molecule has 0 saturated heterocycles. The molecule has 2 spiro atoms. The molecule has 0 aromatic heterocycles. The molecule has 6 rings (SSSR count). The fourth-order valence-corrected chi connectivity index (χ4v) is 18.3. The molecule has 1 aromatic carbocycles. The second-order valence-corrected chi connectivity index (χ2v) is 31.4. The van der Waals surface area contributed by atoms with Gasteiger partial charge in [0.2, 0.25) is 17.7 Å². The van der Waals surface area contributed by atoms with Gasteiger partial charge in [-0.15, -0.1) is 0 Å². The van der Waals surface area contributed by atoms with Crippen molar-refractivity contribution in [1.82, 2.24) is 10.6 Å². The summed E-state index contributed by atoms with van der Waals surface area (Å²) in [5.74, 6) is 6.14. The largest absolute Gasteiger partial charge is 0.326 e. The number of ketones is 1. The summed E-state index contributed by atoms with van der Waals surface area (Å²) in [5.41, 5.74) is 2.74. The minimum atomic E-state index is -0.0637. The zero-order chi connectivity index (χ0) is 62.2.